The molecule has 1 aliphatic rings. The largest absolute Gasteiger partial charge is 0.676 e. The quantitative estimate of drug-likeness (QED) is 0.486. The number of rotatable bonds is 7. The van der Waals surface area contributed by atoms with Gasteiger partial charge >= 0.3 is 0 Å². The molecular formula is C18H40LaN3-3. The van der Waals surface area contributed by atoms with E-state index in [1.54, 1.807) is 0 Å². The van der Waals surface area contributed by atoms with E-state index in [4.69, 9.17) is 0 Å². The molecule has 1 saturated carbocycles. The molecule has 0 bridgehead atoms. The third-order valence-corrected chi connectivity index (χ3v) is 3.49. The molecule has 0 N–H and O–H groups in total. The Morgan fingerprint density at radius 2 is 1.32 bits per heavy atom. The minimum absolute atomic E-state index is 0. The van der Waals surface area contributed by atoms with Crippen LogP contribution in [-0.4, -0.2) is 43.8 Å². The normalized spacial score (nSPS) is 14.9. The molecule has 3 nitrogen and oxygen atoms in total. The predicted molar refractivity (Wildman–Crippen MR) is 98.0 cm³/mol. The van der Waals surface area contributed by atoms with E-state index in [0.717, 1.165) is 5.92 Å². The Balaban J connectivity index is -0.000000301. The van der Waals surface area contributed by atoms with Gasteiger partial charge in [0.25, 0.3) is 0 Å². The molecule has 22 heavy (non-hydrogen) atoms. The zero-order chi connectivity index (χ0) is 15.5. The average molecular weight is 437 g/mol. The Kier molecular flexibility index (Phi) is 21.5. The smallest absolute Gasteiger partial charge is 0 e. The van der Waals surface area contributed by atoms with E-state index in [1.807, 2.05) is 6.92 Å². The van der Waals surface area contributed by atoms with Gasteiger partial charge in [-0.15, -0.1) is 19.0 Å². The Morgan fingerprint density at radius 1 is 0.909 bits per heavy atom. The predicted octanol–water partition coefficient (Wildman–Crippen LogP) is 5.48. The second kappa shape index (κ2) is 16.9. The van der Waals surface area contributed by atoms with Crippen molar-refractivity contribution in [2.75, 3.05) is 20.6 Å². The molecule has 133 valence electrons. The van der Waals surface area contributed by atoms with Crippen molar-refractivity contribution in [2.24, 2.45) is 5.92 Å². The van der Waals surface area contributed by atoms with Crippen LogP contribution in [0.25, 0.3) is 10.6 Å². The van der Waals surface area contributed by atoms with Gasteiger partial charge in [0.2, 0.25) is 0 Å². The van der Waals surface area contributed by atoms with Gasteiger partial charge in [-0.05, 0) is 33.0 Å². The molecule has 0 saturated heterocycles. The van der Waals surface area contributed by atoms with Crippen LogP contribution in [0.2, 0.25) is 0 Å². The van der Waals surface area contributed by atoms with Crippen LogP contribution in [0.4, 0.5) is 0 Å². The van der Waals surface area contributed by atoms with Gasteiger partial charge < -0.3 is 23.0 Å². The van der Waals surface area contributed by atoms with E-state index in [2.05, 4.69) is 57.3 Å². The van der Waals surface area contributed by atoms with Crippen LogP contribution in [0, 0.1) is 48.9 Å². The summed E-state index contributed by atoms with van der Waals surface area (Å²) in [5.74, 6) is 1.06. The van der Waals surface area contributed by atoms with Crippen molar-refractivity contribution in [1.29, 1.82) is 0 Å². The number of hydrogen-bond donors (Lipinski definition) is 0. The zero-order valence-corrected chi connectivity index (χ0v) is 20.1. The van der Waals surface area contributed by atoms with Crippen LogP contribution in [0.5, 0.6) is 0 Å². The minimum Gasteiger partial charge on any atom is -0.676 e. The Bertz CT molecular complexity index is 204. The van der Waals surface area contributed by atoms with Crippen molar-refractivity contribution in [1.82, 2.24) is 4.90 Å². The first-order valence-corrected chi connectivity index (χ1v) is 8.35. The maximum atomic E-state index is 4.35. The summed E-state index contributed by atoms with van der Waals surface area (Å²) >= 11 is 0. The van der Waals surface area contributed by atoms with Crippen molar-refractivity contribution in [3.63, 3.8) is 0 Å². The first-order chi connectivity index (χ1) is 9.31. The van der Waals surface area contributed by atoms with Gasteiger partial charge in [0.05, 0.1) is 0 Å². The molecule has 0 amide bonds. The van der Waals surface area contributed by atoms with Crippen molar-refractivity contribution in [2.45, 2.75) is 85.0 Å². The molecule has 0 aromatic rings. The molecule has 0 aromatic heterocycles. The number of nitrogens with zero attached hydrogens (tertiary/aromatic N) is 3. The second-order valence-electron chi connectivity index (χ2n) is 6.86. The van der Waals surface area contributed by atoms with Gasteiger partial charge in [0.1, 0.15) is 0 Å². The van der Waals surface area contributed by atoms with Crippen molar-refractivity contribution in [3.05, 3.63) is 18.1 Å². The van der Waals surface area contributed by atoms with Crippen molar-refractivity contribution >= 4 is 0 Å². The van der Waals surface area contributed by atoms with Gasteiger partial charge in [0, 0.05) is 35.6 Å². The molecule has 1 aliphatic carbocycles. The molecule has 0 atom stereocenters. The standard InChI is InChI=1S/C9H19N.C8H18N2.CH3.La/c1-10(2)8-7-9-5-3-4-6-9;1-6(2)9-8(5)10-7(3)4;;/h9H,3-8H2,1-2H3;6-8H,1-5H3;1H3;/q;-2;-1;. The van der Waals surface area contributed by atoms with Gasteiger partial charge in [-0.1, -0.05) is 53.4 Å². The first-order valence-electron chi connectivity index (χ1n) is 8.35. The fourth-order valence-corrected chi connectivity index (χ4v) is 2.64. The summed E-state index contributed by atoms with van der Waals surface area (Å²) in [4.78, 5) is 2.29. The van der Waals surface area contributed by atoms with Crippen LogP contribution in [0.1, 0.15) is 66.7 Å². The van der Waals surface area contributed by atoms with E-state index in [-0.39, 0.29) is 49.2 Å². The van der Waals surface area contributed by atoms with E-state index in [9.17, 15) is 0 Å². The SMILES string of the molecule is CC(C)[N-]C(C)[N-]C(C)C.CN(C)CCC1CCCC1.[CH3-].[La]. The monoisotopic (exact) mass is 437 g/mol. The van der Waals surface area contributed by atoms with Gasteiger partial charge in [-0.3, -0.25) is 0 Å². The fourth-order valence-electron chi connectivity index (χ4n) is 2.64. The van der Waals surface area contributed by atoms with Crippen LogP contribution in [0.15, 0.2) is 0 Å². The molecule has 4 heteroatoms. The summed E-state index contributed by atoms with van der Waals surface area (Å²) in [5, 5.41) is 8.70. The van der Waals surface area contributed by atoms with E-state index in [0.29, 0.717) is 12.1 Å². The molecule has 1 fully saturated rings. The van der Waals surface area contributed by atoms with E-state index < -0.39 is 0 Å². The van der Waals surface area contributed by atoms with E-state index >= 15 is 0 Å². The Morgan fingerprint density at radius 3 is 1.64 bits per heavy atom. The zero-order valence-electron chi connectivity index (χ0n) is 16.5. The summed E-state index contributed by atoms with van der Waals surface area (Å²) in [6.07, 6.45) is 7.55. The fraction of sp³-hybridized carbons (Fsp3) is 0.944. The third-order valence-electron chi connectivity index (χ3n) is 3.49. The van der Waals surface area contributed by atoms with Gasteiger partial charge in [-0.2, -0.15) is 0 Å². The molecule has 1 rings (SSSR count). The first kappa shape index (κ1) is 27.9. The summed E-state index contributed by atoms with van der Waals surface area (Å²) < 4.78 is 0. The molecule has 0 aromatic carbocycles. The summed E-state index contributed by atoms with van der Waals surface area (Å²) in [5.41, 5.74) is 0. The van der Waals surface area contributed by atoms with E-state index in [1.165, 1.54) is 38.6 Å². The number of hydrogen-bond acceptors (Lipinski definition) is 1. The topological polar surface area (TPSA) is 31.4 Å². The minimum atomic E-state index is 0. The van der Waals surface area contributed by atoms with Crippen LogP contribution in [-0.2, 0) is 0 Å². The Labute approximate surface area is 169 Å². The van der Waals surface area contributed by atoms with Gasteiger partial charge in [0.15, 0.2) is 0 Å². The van der Waals surface area contributed by atoms with Gasteiger partial charge in [-0.25, -0.2) is 6.17 Å². The molecule has 0 heterocycles. The molecule has 1 radical (unpaired) electrons. The maximum Gasteiger partial charge on any atom is 0 e. The van der Waals surface area contributed by atoms with Crippen LogP contribution < -0.4 is 0 Å². The molecule has 0 unspecified atom stereocenters. The summed E-state index contributed by atoms with van der Waals surface area (Å²) in [6.45, 7) is 11.6. The van der Waals surface area contributed by atoms with Crippen LogP contribution >= 0.6 is 0 Å². The average Bonchev–Trinajstić information content (AvgIpc) is 2.77. The molecule has 0 aliphatic heterocycles. The third kappa shape index (κ3) is 19.1. The maximum absolute atomic E-state index is 4.35. The summed E-state index contributed by atoms with van der Waals surface area (Å²) in [6, 6.07) is 0.801. The summed E-state index contributed by atoms with van der Waals surface area (Å²) in [7, 11) is 4.32. The van der Waals surface area contributed by atoms with Crippen LogP contribution in [0.3, 0.4) is 0 Å². The van der Waals surface area contributed by atoms with Crippen molar-refractivity contribution < 1.29 is 35.6 Å². The molecular weight excluding hydrogens is 397 g/mol. The second-order valence-corrected chi connectivity index (χ2v) is 6.86. The Hall–Kier alpha value is 1.07. The van der Waals surface area contributed by atoms with Crippen molar-refractivity contribution in [3.8, 4) is 0 Å². The molecule has 0 spiro atoms.